The van der Waals surface area contributed by atoms with Crippen molar-refractivity contribution in [2.45, 2.75) is 13.5 Å². The van der Waals surface area contributed by atoms with Crippen LogP contribution in [0, 0.1) is 0 Å². The molecule has 0 aromatic heterocycles. The lowest BCUT2D eigenvalue weighted by molar-refractivity contribution is -0.0621. The van der Waals surface area contributed by atoms with Crippen molar-refractivity contribution in [3.8, 4) is 0 Å². The molecule has 172 valence electrons. The van der Waals surface area contributed by atoms with E-state index in [-0.39, 0.29) is 13.5 Å². The Morgan fingerprint density at radius 3 is 1.00 bits per heavy atom. The summed E-state index contributed by atoms with van der Waals surface area (Å²) in [6, 6.07) is 0. The molecule has 0 aliphatic heterocycles. The predicted molar refractivity (Wildman–Crippen MR) is 106 cm³/mol. The maximum Gasteiger partial charge on any atom is 0.104 e. The number of rotatable bonds is 23. The molecule has 9 heteroatoms. The van der Waals surface area contributed by atoms with Crippen molar-refractivity contribution in [2.75, 3.05) is 114 Å². The van der Waals surface area contributed by atoms with Crippen LogP contribution in [-0.2, 0) is 42.6 Å². The Morgan fingerprint density at radius 1 is 0.429 bits per heavy atom. The van der Waals surface area contributed by atoms with Gasteiger partial charge in [0.15, 0.2) is 0 Å². The van der Waals surface area contributed by atoms with E-state index in [4.69, 9.17) is 42.6 Å². The van der Waals surface area contributed by atoms with Gasteiger partial charge in [0.1, 0.15) is 6.10 Å². The molecule has 9 nitrogen and oxygen atoms in total. The summed E-state index contributed by atoms with van der Waals surface area (Å²) in [4.78, 5) is 0. The van der Waals surface area contributed by atoms with Crippen LogP contribution in [0.3, 0.4) is 0 Å². The summed E-state index contributed by atoms with van der Waals surface area (Å²) in [5.41, 5.74) is 0. The molecule has 0 unspecified atom stereocenters. The molecule has 0 aliphatic carbocycles. The van der Waals surface area contributed by atoms with Gasteiger partial charge in [-0.2, -0.15) is 0 Å². The molecule has 0 N–H and O–H groups in total. The highest BCUT2D eigenvalue weighted by molar-refractivity contribution is 4.54. The van der Waals surface area contributed by atoms with E-state index >= 15 is 0 Å². The van der Waals surface area contributed by atoms with Gasteiger partial charge in [-0.25, -0.2) is 0 Å². The van der Waals surface area contributed by atoms with Crippen LogP contribution in [0.15, 0.2) is 0 Å². The van der Waals surface area contributed by atoms with Crippen LogP contribution < -0.4 is 0 Å². The normalized spacial score (nSPS) is 11.1. The van der Waals surface area contributed by atoms with E-state index in [1.165, 1.54) is 0 Å². The molecule has 0 saturated heterocycles. The van der Waals surface area contributed by atoms with Crippen LogP contribution in [0.2, 0.25) is 0 Å². The van der Waals surface area contributed by atoms with Crippen LogP contribution in [0.5, 0.6) is 0 Å². The Kier molecular flexibility index (Phi) is 28.4. The molecular weight excluding hydrogens is 372 g/mol. The lowest BCUT2D eigenvalue weighted by Crippen LogP contribution is -2.26. The molecule has 0 saturated carbocycles. The molecule has 0 atom stereocenters. The zero-order valence-corrected chi connectivity index (χ0v) is 17.2. The third kappa shape index (κ3) is 23.7. The van der Waals surface area contributed by atoms with Gasteiger partial charge in [0.2, 0.25) is 0 Å². The van der Waals surface area contributed by atoms with E-state index < -0.39 is 0 Å². The smallest absolute Gasteiger partial charge is 0.104 e. The van der Waals surface area contributed by atoms with Crippen molar-refractivity contribution in [2.24, 2.45) is 0 Å². The summed E-state index contributed by atoms with van der Waals surface area (Å²) in [5.74, 6) is 0. The highest BCUT2D eigenvalue weighted by atomic mass is 16.6. The SMILES string of the molecule is C.COCCOCCOCCOCC(COCCOCCOCCOC)OC. The molecule has 0 heterocycles. The van der Waals surface area contributed by atoms with Crippen molar-refractivity contribution in [3.63, 3.8) is 0 Å². The van der Waals surface area contributed by atoms with E-state index in [0.717, 1.165) is 0 Å². The quantitative estimate of drug-likeness (QED) is 0.228. The summed E-state index contributed by atoms with van der Waals surface area (Å²) < 4.78 is 47.5. The molecule has 0 spiro atoms. The molecule has 0 rings (SSSR count). The fraction of sp³-hybridized carbons (Fsp3) is 1.00. The predicted octanol–water partition coefficient (Wildman–Crippen LogP) is 1.03. The lowest BCUT2D eigenvalue weighted by Gasteiger charge is -2.16. The molecule has 0 aromatic carbocycles. The van der Waals surface area contributed by atoms with Crippen LogP contribution in [0.1, 0.15) is 7.43 Å². The summed E-state index contributed by atoms with van der Waals surface area (Å²) in [6.07, 6.45) is -0.111. The molecule has 28 heavy (non-hydrogen) atoms. The van der Waals surface area contributed by atoms with E-state index in [0.29, 0.717) is 92.5 Å². The van der Waals surface area contributed by atoms with Gasteiger partial charge >= 0.3 is 0 Å². The summed E-state index contributed by atoms with van der Waals surface area (Å²) in [6.45, 7) is 7.51. The molecule has 0 bridgehead atoms. The highest BCUT2D eigenvalue weighted by Gasteiger charge is 2.07. The van der Waals surface area contributed by atoms with E-state index in [2.05, 4.69) is 0 Å². The number of ether oxygens (including phenoxy) is 9. The number of hydrogen-bond donors (Lipinski definition) is 0. The van der Waals surface area contributed by atoms with Gasteiger partial charge in [0.05, 0.1) is 92.5 Å². The minimum absolute atomic E-state index is 0. The standard InChI is InChI=1S/C18H38O9.CH4/c1-19-4-6-22-8-10-24-12-14-26-16-18(21-3)17-27-15-13-25-11-9-23-7-5-20-2;/h18H,4-17H2,1-3H3;1H4. The Hall–Kier alpha value is -0.360. The average Bonchev–Trinajstić information content (AvgIpc) is 2.69. The average molecular weight is 415 g/mol. The maximum absolute atomic E-state index is 5.53. The first-order valence-corrected chi connectivity index (χ1v) is 9.32. The van der Waals surface area contributed by atoms with Crippen molar-refractivity contribution >= 4 is 0 Å². The third-order valence-electron chi connectivity index (χ3n) is 3.29. The zero-order valence-electron chi connectivity index (χ0n) is 17.2. The Labute approximate surface area is 170 Å². The minimum atomic E-state index is -0.111. The van der Waals surface area contributed by atoms with Crippen LogP contribution >= 0.6 is 0 Å². The van der Waals surface area contributed by atoms with Crippen LogP contribution in [0.25, 0.3) is 0 Å². The van der Waals surface area contributed by atoms with Crippen molar-refractivity contribution in [1.82, 2.24) is 0 Å². The van der Waals surface area contributed by atoms with Gasteiger partial charge in [0, 0.05) is 21.3 Å². The van der Waals surface area contributed by atoms with Gasteiger partial charge in [-0.3, -0.25) is 0 Å². The van der Waals surface area contributed by atoms with Gasteiger partial charge in [-0.15, -0.1) is 0 Å². The van der Waals surface area contributed by atoms with Gasteiger partial charge in [-0.05, 0) is 0 Å². The van der Waals surface area contributed by atoms with Gasteiger partial charge in [0.25, 0.3) is 0 Å². The fourth-order valence-corrected chi connectivity index (χ4v) is 1.78. The first kappa shape index (κ1) is 29.8. The summed E-state index contributed by atoms with van der Waals surface area (Å²) >= 11 is 0. The van der Waals surface area contributed by atoms with Gasteiger partial charge < -0.3 is 42.6 Å². The molecule has 0 amide bonds. The highest BCUT2D eigenvalue weighted by Crippen LogP contribution is 1.94. The largest absolute Gasteiger partial charge is 0.382 e. The Bertz CT molecular complexity index is 246. The number of hydrogen-bond acceptors (Lipinski definition) is 9. The molecule has 0 fully saturated rings. The van der Waals surface area contributed by atoms with E-state index in [9.17, 15) is 0 Å². The zero-order chi connectivity index (χ0) is 19.8. The third-order valence-corrected chi connectivity index (χ3v) is 3.29. The second kappa shape index (κ2) is 26.6. The molecule has 0 aliphatic rings. The minimum Gasteiger partial charge on any atom is -0.382 e. The van der Waals surface area contributed by atoms with Crippen molar-refractivity contribution in [1.29, 1.82) is 0 Å². The monoisotopic (exact) mass is 414 g/mol. The Morgan fingerprint density at radius 2 is 0.714 bits per heavy atom. The molecule has 0 radical (unpaired) electrons. The molecular formula is C19H42O9. The second-order valence-electron chi connectivity index (χ2n) is 5.44. The van der Waals surface area contributed by atoms with Crippen molar-refractivity contribution in [3.05, 3.63) is 0 Å². The van der Waals surface area contributed by atoms with E-state index in [1.54, 1.807) is 21.3 Å². The van der Waals surface area contributed by atoms with Crippen LogP contribution in [-0.4, -0.2) is 120 Å². The van der Waals surface area contributed by atoms with Gasteiger partial charge in [-0.1, -0.05) is 7.43 Å². The second-order valence-corrected chi connectivity index (χ2v) is 5.44. The topological polar surface area (TPSA) is 83.1 Å². The van der Waals surface area contributed by atoms with E-state index in [1.807, 2.05) is 0 Å². The molecule has 0 aromatic rings. The first-order chi connectivity index (χ1) is 13.3. The summed E-state index contributed by atoms with van der Waals surface area (Å²) in [5, 5.41) is 0. The fourth-order valence-electron chi connectivity index (χ4n) is 1.78. The van der Waals surface area contributed by atoms with Crippen molar-refractivity contribution < 1.29 is 42.6 Å². The Balaban J connectivity index is 0. The maximum atomic E-state index is 5.53. The lowest BCUT2D eigenvalue weighted by atomic mass is 10.4. The number of methoxy groups -OCH3 is 3. The first-order valence-electron chi connectivity index (χ1n) is 9.32. The van der Waals surface area contributed by atoms with Crippen LogP contribution in [0.4, 0.5) is 0 Å². The summed E-state index contributed by atoms with van der Waals surface area (Å²) in [7, 11) is 4.93.